The highest BCUT2D eigenvalue weighted by Gasteiger charge is 2.23. The minimum atomic E-state index is -0.595. The molecule has 0 saturated carbocycles. The van der Waals surface area contributed by atoms with Crippen molar-refractivity contribution >= 4 is 17.6 Å². The molecule has 8 heteroatoms. The average Bonchev–Trinajstić information content (AvgIpc) is 3.18. The van der Waals surface area contributed by atoms with Gasteiger partial charge in [-0.3, -0.25) is 9.59 Å². The quantitative estimate of drug-likeness (QED) is 0.805. The van der Waals surface area contributed by atoms with Gasteiger partial charge < -0.3 is 19.6 Å². The molecule has 1 N–H and O–H groups in total. The van der Waals surface area contributed by atoms with Gasteiger partial charge in [0.15, 0.2) is 5.82 Å². The molecule has 1 fully saturated rings. The zero-order valence-corrected chi connectivity index (χ0v) is 15.1. The molecule has 0 unspecified atom stereocenters. The number of nitrogens with zero attached hydrogens (tertiary/aromatic N) is 3. The van der Waals surface area contributed by atoms with Gasteiger partial charge in [-0.15, -0.1) is 0 Å². The zero-order chi connectivity index (χ0) is 19.1. The minimum Gasteiger partial charge on any atom is -0.363 e. The van der Waals surface area contributed by atoms with Crippen molar-refractivity contribution in [1.29, 1.82) is 0 Å². The number of anilines is 1. The Bertz CT molecular complexity index is 760. The summed E-state index contributed by atoms with van der Waals surface area (Å²) in [5, 5.41) is 6.19. The summed E-state index contributed by atoms with van der Waals surface area (Å²) in [7, 11) is 0. The highest BCUT2D eigenvalue weighted by atomic mass is 19.1. The van der Waals surface area contributed by atoms with Crippen molar-refractivity contribution in [3.05, 3.63) is 48.0 Å². The predicted octanol–water partition coefficient (Wildman–Crippen LogP) is 2.38. The van der Waals surface area contributed by atoms with Crippen LogP contribution in [0.2, 0.25) is 0 Å². The Labute approximate surface area is 157 Å². The minimum absolute atomic E-state index is 0.0367. The molecule has 0 atom stereocenters. The number of carbonyl (C=O) groups is 2. The molecule has 2 aromatic rings. The van der Waals surface area contributed by atoms with Crippen molar-refractivity contribution in [2.45, 2.75) is 19.3 Å². The molecule has 27 heavy (non-hydrogen) atoms. The van der Waals surface area contributed by atoms with E-state index in [9.17, 15) is 14.0 Å². The van der Waals surface area contributed by atoms with E-state index in [2.05, 4.69) is 19.9 Å². The van der Waals surface area contributed by atoms with Crippen LogP contribution < -0.4 is 5.32 Å². The summed E-state index contributed by atoms with van der Waals surface area (Å²) in [6.45, 7) is 2.77. The molecule has 2 amide bonds. The first-order chi connectivity index (χ1) is 13.1. The number of halogens is 1. The molecular weight excluding hydrogens is 351 g/mol. The van der Waals surface area contributed by atoms with Crippen LogP contribution in [0.15, 0.2) is 41.1 Å². The lowest BCUT2D eigenvalue weighted by Crippen LogP contribution is -2.44. The van der Waals surface area contributed by atoms with Gasteiger partial charge in [-0.25, -0.2) is 4.39 Å². The Morgan fingerprint density at radius 2 is 1.96 bits per heavy atom. The van der Waals surface area contributed by atoms with Crippen LogP contribution in [-0.4, -0.2) is 59.5 Å². The van der Waals surface area contributed by atoms with Crippen LogP contribution >= 0.6 is 0 Å². The number of likely N-dealkylation sites (tertiary alicyclic amines) is 1. The number of aromatic nitrogens is 1. The monoisotopic (exact) mass is 374 g/mol. The second-order valence-electron chi connectivity index (χ2n) is 6.54. The Morgan fingerprint density at radius 1 is 1.19 bits per heavy atom. The molecule has 0 radical (unpaired) electrons. The molecule has 0 bridgehead atoms. The van der Waals surface area contributed by atoms with E-state index in [1.807, 2.05) is 0 Å². The van der Waals surface area contributed by atoms with E-state index in [1.165, 1.54) is 41.8 Å². The molecule has 0 spiro atoms. The summed E-state index contributed by atoms with van der Waals surface area (Å²) in [4.78, 5) is 28.8. The fraction of sp³-hybridized carbons (Fsp3) is 0.421. The maximum absolute atomic E-state index is 14.1. The average molecular weight is 374 g/mol. The predicted molar refractivity (Wildman–Crippen MR) is 97.7 cm³/mol. The Hall–Kier alpha value is -2.74. The van der Waals surface area contributed by atoms with E-state index < -0.39 is 17.6 Å². The Kier molecular flexibility index (Phi) is 6.54. The summed E-state index contributed by atoms with van der Waals surface area (Å²) >= 11 is 0. The molecule has 1 saturated heterocycles. The van der Waals surface area contributed by atoms with Gasteiger partial charge in [0.25, 0.3) is 5.91 Å². The SMILES string of the molecule is O=C(CN(CCN1CCCCC1)C(=O)c1ccccc1F)Nc1ccon1. The lowest BCUT2D eigenvalue weighted by molar-refractivity contribution is -0.117. The highest BCUT2D eigenvalue weighted by Crippen LogP contribution is 2.12. The van der Waals surface area contributed by atoms with Gasteiger partial charge in [0.1, 0.15) is 18.6 Å². The summed E-state index contributed by atoms with van der Waals surface area (Å²) in [5.74, 6) is -1.23. The van der Waals surface area contributed by atoms with Crippen molar-refractivity contribution in [3.8, 4) is 0 Å². The summed E-state index contributed by atoms with van der Waals surface area (Å²) < 4.78 is 18.7. The highest BCUT2D eigenvalue weighted by molar-refractivity contribution is 5.99. The molecule has 144 valence electrons. The topological polar surface area (TPSA) is 78.7 Å². The van der Waals surface area contributed by atoms with Gasteiger partial charge in [-0.2, -0.15) is 0 Å². The largest absolute Gasteiger partial charge is 0.363 e. The normalized spacial score (nSPS) is 14.7. The number of hydrogen-bond donors (Lipinski definition) is 1. The van der Waals surface area contributed by atoms with Gasteiger partial charge in [-0.1, -0.05) is 23.7 Å². The number of carbonyl (C=O) groups excluding carboxylic acids is 2. The smallest absolute Gasteiger partial charge is 0.257 e. The number of nitrogens with one attached hydrogen (secondary N) is 1. The lowest BCUT2D eigenvalue weighted by atomic mass is 10.1. The first kappa shape index (κ1) is 19.0. The summed E-state index contributed by atoms with van der Waals surface area (Å²) in [5.41, 5.74) is -0.0367. The number of hydrogen-bond acceptors (Lipinski definition) is 5. The molecule has 1 aliphatic heterocycles. The number of rotatable bonds is 7. The second kappa shape index (κ2) is 9.27. The third-order valence-electron chi connectivity index (χ3n) is 4.57. The fourth-order valence-electron chi connectivity index (χ4n) is 3.14. The van der Waals surface area contributed by atoms with Gasteiger partial charge in [0.2, 0.25) is 5.91 Å². The van der Waals surface area contributed by atoms with Crippen LogP contribution in [0, 0.1) is 5.82 Å². The zero-order valence-electron chi connectivity index (χ0n) is 15.1. The Morgan fingerprint density at radius 3 is 2.67 bits per heavy atom. The Balaban J connectivity index is 1.68. The molecule has 1 aromatic carbocycles. The van der Waals surface area contributed by atoms with Crippen molar-refractivity contribution in [2.75, 3.05) is 38.0 Å². The van der Waals surface area contributed by atoms with Gasteiger partial charge in [-0.05, 0) is 38.1 Å². The van der Waals surface area contributed by atoms with Crippen LogP contribution in [0.4, 0.5) is 10.2 Å². The first-order valence-electron chi connectivity index (χ1n) is 9.10. The summed E-state index contributed by atoms with van der Waals surface area (Å²) in [6.07, 6.45) is 4.82. The van der Waals surface area contributed by atoms with Crippen LogP contribution in [0.1, 0.15) is 29.6 Å². The van der Waals surface area contributed by atoms with Crippen molar-refractivity contribution in [2.24, 2.45) is 0 Å². The lowest BCUT2D eigenvalue weighted by Gasteiger charge is -2.30. The van der Waals surface area contributed by atoms with E-state index in [1.54, 1.807) is 6.07 Å². The van der Waals surface area contributed by atoms with Crippen LogP contribution in [0.3, 0.4) is 0 Å². The van der Waals surface area contributed by atoms with Crippen LogP contribution in [0.5, 0.6) is 0 Å². The maximum Gasteiger partial charge on any atom is 0.257 e. The van der Waals surface area contributed by atoms with E-state index in [0.717, 1.165) is 25.9 Å². The van der Waals surface area contributed by atoms with Crippen molar-refractivity contribution in [3.63, 3.8) is 0 Å². The molecule has 0 aliphatic carbocycles. The van der Waals surface area contributed by atoms with Crippen molar-refractivity contribution in [1.82, 2.24) is 15.0 Å². The molecular formula is C19H23FN4O3. The third-order valence-corrected chi connectivity index (χ3v) is 4.57. The van der Waals surface area contributed by atoms with E-state index in [4.69, 9.17) is 0 Å². The molecule has 7 nitrogen and oxygen atoms in total. The number of piperidine rings is 1. The maximum atomic E-state index is 14.1. The van der Waals surface area contributed by atoms with Gasteiger partial charge >= 0.3 is 0 Å². The fourth-order valence-corrected chi connectivity index (χ4v) is 3.14. The number of benzene rings is 1. The summed E-state index contributed by atoms with van der Waals surface area (Å²) in [6, 6.07) is 7.32. The first-order valence-corrected chi connectivity index (χ1v) is 9.10. The van der Waals surface area contributed by atoms with Crippen LogP contribution in [0.25, 0.3) is 0 Å². The van der Waals surface area contributed by atoms with E-state index in [-0.39, 0.29) is 17.9 Å². The standard InChI is InChI=1S/C19H23FN4O3/c20-16-7-3-2-6-15(16)19(26)24(12-11-23-9-4-1-5-10-23)14-18(25)21-17-8-13-27-22-17/h2-3,6-8,13H,1,4-5,9-12,14H2,(H,21,22,25). The molecule has 1 aliphatic rings. The van der Waals surface area contributed by atoms with Gasteiger partial charge in [0, 0.05) is 19.2 Å². The number of amides is 2. The molecule has 3 rings (SSSR count). The molecule has 2 heterocycles. The second-order valence-corrected chi connectivity index (χ2v) is 6.54. The van der Waals surface area contributed by atoms with E-state index >= 15 is 0 Å². The van der Waals surface area contributed by atoms with E-state index in [0.29, 0.717) is 13.1 Å². The van der Waals surface area contributed by atoms with Crippen LogP contribution in [-0.2, 0) is 4.79 Å². The molecule has 1 aromatic heterocycles. The van der Waals surface area contributed by atoms with Gasteiger partial charge in [0.05, 0.1) is 5.56 Å². The van der Waals surface area contributed by atoms with Crippen molar-refractivity contribution < 1.29 is 18.5 Å². The third kappa shape index (κ3) is 5.37.